The molecule has 2 atom stereocenters. The zero-order valence-corrected chi connectivity index (χ0v) is 7.64. The molecule has 4 N–H and O–H groups in total. The van der Waals surface area contributed by atoms with Gasteiger partial charge in [-0.2, -0.15) is 0 Å². The molecule has 4 nitrogen and oxygen atoms in total. The Labute approximate surface area is 80.4 Å². The van der Waals surface area contributed by atoms with E-state index < -0.39 is 0 Å². The van der Waals surface area contributed by atoms with Crippen molar-refractivity contribution in [2.45, 2.75) is 18.5 Å². The molecule has 0 bridgehead atoms. The standard InChI is InChI=1S/C8H10ClN3O/c9-4-1-7(11-3-4)8(13)12-6-2-5(6)10/h1,3,5-6,11H,2,10H2,(H,12,13). The number of H-pyrrole nitrogens is 1. The molecule has 0 saturated heterocycles. The Bertz CT molecular complexity index is 336. The number of aromatic nitrogens is 1. The van der Waals surface area contributed by atoms with Crippen LogP contribution in [-0.2, 0) is 0 Å². The number of rotatable bonds is 2. The summed E-state index contributed by atoms with van der Waals surface area (Å²) in [6, 6.07) is 1.84. The van der Waals surface area contributed by atoms with Crippen molar-refractivity contribution in [3.63, 3.8) is 0 Å². The minimum absolute atomic E-state index is 0.120. The first-order valence-electron chi connectivity index (χ1n) is 4.07. The maximum absolute atomic E-state index is 11.4. The van der Waals surface area contributed by atoms with Gasteiger partial charge in [0.05, 0.1) is 5.02 Å². The van der Waals surface area contributed by atoms with Crippen LogP contribution in [0.15, 0.2) is 12.3 Å². The van der Waals surface area contributed by atoms with Crippen molar-refractivity contribution < 1.29 is 4.79 Å². The maximum Gasteiger partial charge on any atom is 0.268 e. The van der Waals surface area contributed by atoms with Crippen molar-refractivity contribution in [2.24, 2.45) is 5.73 Å². The second-order valence-electron chi connectivity index (χ2n) is 3.21. The first kappa shape index (κ1) is 8.59. The molecule has 70 valence electrons. The Balaban J connectivity index is 1.97. The molecule has 0 spiro atoms. The van der Waals surface area contributed by atoms with Gasteiger partial charge in [-0.1, -0.05) is 11.6 Å². The minimum atomic E-state index is -0.148. The molecule has 1 saturated carbocycles. The highest BCUT2D eigenvalue weighted by molar-refractivity contribution is 6.30. The van der Waals surface area contributed by atoms with Gasteiger partial charge in [-0.3, -0.25) is 4.79 Å². The van der Waals surface area contributed by atoms with E-state index in [0.717, 1.165) is 6.42 Å². The van der Waals surface area contributed by atoms with Crippen molar-refractivity contribution in [3.8, 4) is 0 Å². The summed E-state index contributed by atoms with van der Waals surface area (Å²) in [5.74, 6) is -0.148. The predicted octanol–water partition coefficient (Wildman–Crippen LogP) is 0.497. The predicted molar refractivity (Wildman–Crippen MR) is 49.6 cm³/mol. The molecule has 1 aromatic heterocycles. The molecule has 5 heteroatoms. The van der Waals surface area contributed by atoms with Crippen LogP contribution in [0.25, 0.3) is 0 Å². The molecule has 1 aromatic rings. The van der Waals surface area contributed by atoms with Crippen molar-refractivity contribution in [1.29, 1.82) is 0 Å². The normalized spacial score (nSPS) is 25.7. The summed E-state index contributed by atoms with van der Waals surface area (Å²) in [6.45, 7) is 0. The Hall–Kier alpha value is -1.00. The topological polar surface area (TPSA) is 70.9 Å². The molecule has 1 aliphatic carbocycles. The Morgan fingerprint density at radius 1 is 1.77 bits per heavy atom. The number of amides is 1. The molecule has 2 unspecified atom stereocenters. The van der Waals surface area contributed by atoms with Crippen LogP contribution in [0.1, 0.15) is 16.9 Å². The highest BCUT2D eigenvalue weighted by Crippen LogP contribution is 2.18. The molecule has 2 rings (SSSR count). The highest BCUT2D eigenvalue weighted by atomic mass is 35.5. The summed E-state index contributed by atoms with van der Waals surface area (Å²) in [7, 11) is 0. The van der Waals surface area contributed by atoms with Crippen molar-refractivity contribution in [2.75, 3.05) is 0 Å². The highest BCUT2D eigenvalue weighted by Gasteiger charge is 2.35. The van der Waals surface area contributed by atoms with Crippen molar-refractivity contribution in [3.05, 3.63) is 23.0 Å². The maximum atomic E-state index is 11.4. The van der Waals surface area contributed by atoms with E-state index >= 15 is 0 Å². The van der Waals surface area contributed by atoms with Gasteiger partial charge in [0.15, 0.2) is 0 Å². The summed E-state index contributed by atoms with van der Waals surface area (Å²) in [5, 5.41) is 3.31. The number of aromatic amines is 1. The monoisotopic (exact) mass is 199 g/mol. The molecule has 1 aliphatic rings. The van der Waals surface area contributed by atoms with Crippen molar-refractivity contribution >= 4 is 17.5 Å². The number of carbonyl (C=O) groups is 1. The summed E-state index contributed by atoms with van der Waals surface area (Å²) < 4.78 is 0. The third kappa shape index (κ3) is 1.84. The van der Waals surface area contributed by atoms with Crippen LogP contribution in [0.4, 0.5) is 0 Å². The molecule has 1 heterocycles. The minimum Gasteiger partial charge on any atom is -0.356 e. The fourth-order valence-corrected chi connectivity index (χ4v) is 1.29. The third-order valence-electron chi connectivity index (χ3n) is 2.05. The SMILES string of the molecule is NC1CC1NC(=O)c1cc(Cl)c[nH]1. The summed E-state index contributed by atoms with van der Waals surface area (Å²) in [4.78, 5) is 14.2. The summed E-state index contributed by atoms with van der Waals surface area (Å²) in [6.07, 6.45) is 2.43. The first-order valence-corrected chi connectivity index (χ1v) is 4.45. The van der Waals surface area contributed by atoms with Gasteiger partial charge in [0, 0.05) is 18.3 Å². The third-order valence-corrected chi connectivity index (χ3v) is 2.27. The molecular formula is C8H10ClN3O. The van der Waals surface area contributed by atoms with Crippen LogP contribution >= 0.6 is 11.6 Å². The smallest absolute Gasteiger partial charge is 0.268 e. The quantitative estimate of drug-likeness (QED) is 0.649. The zero-order valence-electron chi connectivity index (χ0n) is 6.88. The van der Waals surface area contributed by atoms with Gasteiger partial charge in [-0.25, -0.2) is 0 Å². The number of nitrogens with one attached hydrogen (secondary N) is 2. The van der Waals surface area contributed by atoms with Gasteiger partial charge >= 0.3 is 0 Å². The Morgan fingerprint density at radius 3 is 2.92 bits per heavy atom. The van der Waals surface area contributed by atoms with E-state index in [1.54, 1.807) is 12.3 Å². The van der Waals surface area contributed by atoms with E-state index in [1.807, 2.05) is 0 Å². The van der Waals surface area contributed by atoms with Gasteiger partial charge in [-0.15, -0.1) is 0 Å². The molecule has 1 amide bonds. The second kappa shape index (κ2) is 3.05. The number of nitrogens with two attached hydrogens (primary N) is 1. The average Bonchev–Trinajstić information content (AvgIpc) is 2.62. The number of hydrogen-bond acceptors (Lipinski definition) is 2. The second-order valence-corrected chi connectivity index (χ2v) is 3.65. The van der Waals surface area contributed by atoms with E-state index in [4.69, 9.17) is 17.3 Å². The fraction of sp³-hybridized carbons (Fsp3) is 0.375. The lowest BCUT2D eigenvalue weighted by Gasteiger charge is -1.99. The van der Waals surface area contributed by atoms with Gasteiger partial charge in [0.2, 0.25) is 0 Å². The van der Waals surface area contributed by atoms with E-state index in [2.05, 4.69) is 10.3 Å². The van der Waals surface area contributed by atoms with Crippen LogP contribution in [0.2, 0.25) is 5.02 Å². The van der Waals surface area contributed by atoms with E-state index in [0.29, 0.717) is 10.7 Å². The van der Waals surface area contributed by atoms with Gasteiger partial charge in [0.25, 0.3) is 5.91 Å². The number of halogens is 1. The largest absolute Gasteiger partial charge is 0.356 e. The molecule has 0 radical (unpaired) electrons. The first-order chi connectivity index (χ1) is 6.16. The number of hydrogen-bond donors (Lipinski definition) is 3. The van der Waals surface area contributed by atoms with Crippen LogP contribution in [-0.4, -0.2) is 23.0 Å². The van der Waals surface area contributed by atoms with Crippen molar-refractivity contribution in [1.82, 2.24) is 10.3 Å². The molecule has 13 heavy (non-hydrogen) atoms. The van der Waals surface area contributed by atoms with Crippen LogP contribution in [0, 0.1) is 0 Å². The lowest BCUT2D eigenvalue weighted by atomic mass is 10.4. The molecule has 0 aromatic carbocycles. The lowest BCUT2D eigenvalue weighted by Crippen LogP contribution is -2.29. The number of carbonyl (C=O) groups excluding carboxylic acids is 1. The Kier molecular flexibility index (Phi) is 2.01. The summed E-state index contributed by atoms with van der Waals surface area (Å²) in [5.41, 5.74) is 6.02. The van der Waals surface area contributed by atoms with Crippen LogP contribution in [0.3, 0.4) is 0 Å². The van der Waals surface area contributed by atoms with Crippen LogP contribution < -0.4 is 11.1 Å². The average molecular weight is 200 g/mol. The Morgan fingerprint density at radius 2 is 2.46 bits per heavy atom. The zero-order chi connectivity index (χ0) is 9.42. The summed E-state index contributed by atoms with van der Waals surface area (Å²) >= 11 is 5.65. The molecule has 1 fully saturated rings. The fourth-order valence-electron chi connectivity index (χ4n) is 1.13. The molecular weight excluding hydrogens is 190 g/mol. The van der Waals surface area contributed by atoms with Gasteiger partial charge < -0.3 is 16.0 Å². The van der Waals surface area contributed by atoms with Crippen LogP contribution in [0.5, 0.6) is 0 Å². The van der Waals surface area contributed by atoms with Gasteiger partial charge in [-0.05, 0) is 12.5 Å². The molecule has 0 aliphatic heterocycles. The van der Waals surface area contributed by atoms with E-state index in [9.17, 15) is 4.79 Å². The lowest BCUT2D eigenvalue weighted by molar-refractivity contribution is 0.0946. The van der Waals surface area contributed by atoms with E-state index in [1.165, 1.54) is 0 Å². The van der Waals surface area contributed by atoms with Gasteiger partial charge in [0.1, 0.15) is 5.69 Å². The van der Waals surface area contributed by atoms with E-state index in [-0.39, 0.29) is 18.0 Å².